The van der Waals surface area contributed by atoms with Crippen molar-refractivity contribution in [1.82, 2.24) is 5.43 Å². The number of hydrazone groups is 1. The van der Waals surface area contributed by atoms with E-state index in [-0.39, 0.29) is 18.9 Å². The average molecular weight is 483 g/mol. The van der Waals surface area contributed by atoms with Crippen LogP contribution < -0.4 is 20.2 Å². The molecule has 9 heteroatoms. The van der Waals surface area contributed by atoms with Crippen LogP contribution in [0.1, 0.15) is 18.9 Å². The van der Waals surface area contributed by atoms with Crippen LogP contribution in [-0.4, -0.2) is 31.2 Å². The fourth-order valence-electron chi connectivity index (χ4n) is 2.29. The van der Waals surface area contributed by atoms with Gasteiger partial charge in [-0.3, -0.25) is 9.59 Å². The Morgan fingerprint density at radius 3 is 2.62 bits per heavy atom. The summed E-state index contributed by atoms with van der Waals surface area (Å²) in [7, 11) is 1.50. The second-order valence-electron chi connectivity index (χ2n) is 6.15. The Bertz CT molecular complexity index is 934. The van der Waals surface area contributed by atoms with Crippen molar-refractivity contribution in [2.24, 2.45) is 5.10 Å². The predicted octanol–water partition coefficient (Wildman–Crippen LogP) is 4.32. The van der Waals surface area contributed by atoms with Gasteiger partial charge >= 0.3 is 0 Å². The minimum Gasteiger partial charge on any atom is -0.495 e. The molecular formula is C20H21BrClN3O4. The van der Waals surface area contributed by atoms with Gasteiger partial charge in [0.2, 0.25) is 5.91 Å². The van der Waals surface area contributed by atoms with Crippen molar-refractivity contribution < 1.29 is 19.1 Å². The molecule has 0 aliphatic rings. The van der Waals surface area contributed by atoms with E-state index >= 15 is 0 Å². The molecule has 2 rings (SSSR count). The van der Waals surface area contributed by atoms with Crippen molar-refractivity contribution in [1.29, 1.82) is 0 Å². The summed E-state index contributed by atoms with van der Waals surface area (Å²) in [5, 5.41) is 7.10. The number of methoxy groups -OCH3 is 1. The number of aryl methyl sites for hydroxylation is 1. The predicted molar refractivity (Wildman–Crippen MR) is 117 cm³/mol. The van der Waals surface area contributed by atoms with Crippen LogP contribution >= 0.6 is 27.5 Å². The molecule has 0 aromatic heterocycles. The second-order valence-corrected chi connectivity index (χ2v) is 7.44. The van der Waals surface area contributed by atoms with Gasteiger partial charge in [0.15, 0.2) is 6.61 Å². The lowest BCUT2D eigenvalue weighted by atomic mass is 10.2. The standard InChI is InChI=1S/C20H21BrClN3O4/c1-12-8-15(5-6-16(12)21)29-11-20(27)25-24-13(2)9-19(26)23-17-10-14(22)4-7-18(17)28-3/h4-8,10H,9,11H2,1-3H3,(H,23,26)(H,25,27)/b24-13+. The van der Waals surface area contributed by atoms with Crippen LogP contribution in [0.4, 0.5) is 5.69 Å². The third kappa shape index (κ3) is 7.40. The lowest BCUT2D eigenvalue weighted by molar-refractivity contribution is -0.123. The van der Waals surface area contributed by atoms with Gasteiger partial charge in [-0.2, -0.15) is 5.10 Å². The van der Waals surface area contributed by atoms with E-state index in [1.54, 1.807) is 31.2 Å². The zero-order chi connectivity index (χ0) is 21.4. The molecule has 154 valence electrons. The number of anilines is 1. The maximum atomic E-state index is 12.2. The summed E-state index contributed by atoms with van der Waals surface area (Å²) >= 11 is 9.35. The molecule has 29 heavy (non-hydrogen) atoms. The molecular weight excluding hydrogens is 462 g/mol. The lowest BCUT2D eigenvalue weighted by Crippen LogP contribution is -2.26. The number of nitrogens with zero attached hydrogens (tertiary/aromatic N) is 1. The molecule has 0 heterocycles. The number of carbonyl (C=O) groups excluding carboxylic acids is 2. The van der Waals surface area contributed by atoms with E-state index in [9.17, 15) is 9.59 Å². The third-order valence-electron chi connectivity index (χ3n) is 3.72. The van der Waals surface area contributed by atoms with Gasteiger partial charge in [0.05, 0.1) is 19.2 Å². The summed E-state index contributed by atoms with van der Waals surface area (Å²) in [5.74, 6) is 0.326. The third-order valence-corrected chi connectivity index (χ3v) is 4.85. The molecule has 0 radical (unpaired) electrons. The van der Waals surface area contributed by atoms with E-state index in [1.165, 1.54) is 7.11 Å². The van der Waals surface area contributed by atoms with E-state index in [1.807, 2.05) is 19.1 Å². The molecule has 2 aromatic rings. The number of hydrogen-bond acceptors (Lipinski definition) is 5. The van der Waals surface area contributed by atoms with Gasteiger partial charge < -0.3 is 14.8 Å². The van der Waals surface area contributed by atoms with Crippen molar-refractivity contribution in [2.45, 2.75) is 20.3 Å². The van der Waals surface area contributed by atoms with Crippen LogP contribution in [0.3, 0.4) is 0 Å². The minimum absolute atomic E-state index is 0.0112. The smallest absolute Gasteiger partial charge is 0.277 e. The largest absolute Gasteiger partial charge is 0.495 e. The molecule has 0 aliphatic heterocycles. The number of amides is 2. The van der Waals surface area contributed by atoms with Crippen LogP contribution in [0.15, 0.2) is 46.0 Å². The monoisotopic (exact) mass is 481 g/mol. The summed E-state index contributed by atoms with van der Waals surface area (Å²) in [6.07, 6.45) is -0.0112. The summed E-state index contributed by atoms with van der Waals surface area (Å²) in [4.78, 5) is 24.1. The summed E-state index contributed by atoms with van der Waals surface area (Å²) in [6.45, 7) is 3.37. The highest BCUT2D eigenvalue weighted by molar-refractivity contribution is 9.10. The topological polar surface area (TPSA) is 89.0 Å². The van der Waals surface area contributed by atoms with Gasteiger partial charge in [0, 0.05) is 15.2 Å². The SMILES string of the molecule is COc1ccc(Cl)cc1NC(=O)C/C(C)=N/NC(=O)COc1ccc(Br)c(C)c1. The molecule has 0 atom stereocenters. The first-order valence-electron chi connectivity index (χ1n) is 8.63. The zero-order valence-corrected chi connectivity index (χ0v) is 18.6. The Morgan fingerprint density at radius 2 is 1.93 bits per heavy atom. The van der Waals surface area contributed by atoms with Crippen LogP contribution in [0.2, 0.25) is 5.02 Å². The number of carbonyl (C=O) groups is 2. The Balaban J connectivity index is 1.83. The van der Waals surface area contributed by atoms with E-state index in [0.717, 1.165) is 10.0 Å². The molecule has 0 saturated heterocycles. The van der Waals surface area contributed by atoms with Gasteiger partial charge in [-0.25, -0.2) is 5.43 Å². The maximum absolute atomic E-state index is 12.2. The van der Waals surface area contributed by atoms with E-state index in [0.29, 0.717) is 27.9 Å². The van der Waals surface area contributed by atoms with Crippen LogP contribution in [-0.2, 0) is 9.59 Å². The first kappa shape index (κ1) is 22.7. The molecule has 0 fully saturated rings. The fourth-order valence-corrected chi connectivity index (χ4v) is 2.71. The normalized spacial score (nSPS) is 11.0. The Kier molecular flexibility index (Phi) is 8.48. The van der Waals surface area contributed by atoms with Crippen LogP contribution in [0.5, 0.6) is 11.5 Å². The van der Waals surface area contributed by atoms with E-state index < -0.39 is 5.91 Å². The number of rotatable bonds is 8. The Hall–Kier alpha value is -2.58. The highest BCUT2D eigenvalue weighted by Gasteiger charge is 2.10. The first-order chi connectivity index (χ1) is 13.8. The van der Waals surface area contributed by atoms with Crippen LogP contribution in [0.25, 0.3) is 0 Å². The fraction of sp³-hybridized carbons (Fsp3) is 0.250. The Labute approximate surface area is 182 Å². The van der Waals surface area contributed by atoms with Gasteiger partial charge in [-0.1, -0.05) is 27.5 Å². The van der Waals surface area contributed by atoms with Crippen molar-refractivity contribution in [3.05, 3.63) is 51.5 Å². The minimum atomic E-state index is -0.429. The summed E-state index contributed by atoms with van der Waals surface area (Å²) < 4.78 is 11.6. The van der Waals surface area contributed by atoms with Gasteiger partial charge in [0.1, 0.15) is 11.5 Å². The van der Waals surface area contributed by atoms with E-state index in [2.05, 4.69) is 31.8 Å². The number of nitrogens with one attached hydrogen (secondary N) is 2. The molecule has 2 N–H and O–H groups in total. The van der Waals surface area contributed by atoms with Crippen molar-refractivity contribution >= 4 is 50.7 Å². The molecule has 0 aliphatic carbocycles. The highest BCUT2D eigenvalue weighted by Crippen LogP contribution is 2.27. The van der Waals surface area contributed by atoms with Crippen molar-refractivity contribution in [2.75, 3.05) is 19.0 Å². The molecule has 0 saturated carbocycles. The average Bonchev–Trinajstić information content (AvgIpc) is 2.67. The van der Waals surface area contributed by atoms with Gasteiger partial charge in [0.25, 0.3) is 5.91 Å². The molecule has 2 aromatic carbocycles. The summed E-state index contributed by atoms with van der Waals surface area (Å²) in [6, 6.07) is 10.3. The quantitative estimate of drug-likeness (QED) is 0.433. The van der Waals surface area contributed by atoms with Gasteiger partial charge in [-0.05, 0) is 55.8 Å². The summed E-state index contributed by atoms with van der Waals surface area (Å²) in [5.41, 5.74) is 4.25. The Morgan fingerprint density at radius 1 is 1.17 bits per heavy atom. The molecule has 0 unspecified atom stereocenters. The number of halogens is 2. The van der Waals surface area contributed by atoms with Crippen molar-refractivity contribution in [3.8, 4) is 11.5 Å². The molecule has 7 nitrogen and oxygen atoms in total. The van der Waals surface area contributed by atoms with Crippen LogP contribution in [0, 0.1) is 6.92 Å². The maximum Gasteiger partial charge on any atom is 0.277 e. The molecule has 0 bridgehead atoms. The first-order valence-corrected chi connectivity index (χ1v) is 9.80. The number of hydrogen-bond donors (Lipinski definition) is 2. The number of benzene rings is 2. The second kappa shape index (κ2) is 10.8. The molecule has 2 amide bonds. The highest BCUT2D eigenvalue weighted by atomic mass is 79.9. The molecule has 0 spiro atoms. The van der Waals surface area contributed by atoms with Gasteiger partial charge in [-0.15, -0.1) is 0 Å². The lowest BCUT2D eigenvalue weighted by Gasteiger charge is -2.10. The van der Waals surface area contributed by atoms with Crippen molar-refractivity contribution in [3.63, 3.8) is 0 Å². The number of ether oxygens (including phenoxy) is 2. The van der Waals surface area contributed by atoms with E-state index in [4.69, 9.17) is 21.1 Å². The zero-order valence-electron chi connectivity index (χ0n) is 16.2.